The van der Waals surface area contributed by atoms with Gasteiger partial charge in [-0.1, -0.05) is 28.1 Å². The van der Waals surface area contributed by atoms with Crippen LogP contribution >= 0.6 is 15.9 Å². The number of hydrogen-bond acceptors (Lipinski definition) is 2. The minimum Gasteiger partial charge on any atom is -0.484 e. The fraction of sp³-hybridized carbons (Fsp3) is 0.200. The van der Waals surface area contributed by atoms with Gasteiger partial charge in [0.25, 0.3) is 0 Å². The van der Waals surface area contributed by atoms with E-state index in [1.54, 1.807) is 6.07 Å². The maximum absolute atomic E-state index is 13.2. The van der Waals surface area contributed by atoms with Crippen molar-refractivity contribution in [1.82, 2.24) is 0 Å². The van der Waals surface area contributed by atoms with E-state index >= 15 is 0 Å². The number of aryl methyl sites for hydroxylation is 1. The average molecular weight is 324 g/mol. The normalized spacial score (nSPS) is 12.2. The highest BCUT2D eigenvalue weighted by Crippen LogP contribution is 2.27. The molecule has 0 aliphatic heterocycles. The Morgan fingerprint density at radius 3 is 2.68 bits per heavy atom. The Kier molecular flexibility index (Phi) is 4.56. The van der Waals surface area contributed by atoms with Crippen molar-refractivity contribution in [2.75, 3.05) is 6.54 Å². The van der Waals surface area contributed by atoms with Gasteiger partial charge in [-0.05, 0) is 48.4 Å². The number of hydrogen-bond donors (Lipinski definition) is 1. The van der Waals surface area contributed by atoms with Gasteiger partial charge in [-0.15, -0.1) is 0 Å². The lowest BCUT2D eigenvalue weighted by molar-refractivity contribution is 0.212. The van der Waals surface area contributed by atoms with E-state index in [2.05, 4.69) is 15.9 Å². The Morgan fingerprint density at radius 2 is 2.05 bits per heavy atom. The molecule has 4 heteroatoms. The molecule has 19 heavy (non-hydrogen) atoms. The van der Waals surface area contributed by atoms with E-state index in [4.69, 9.17) is 10.5 Å². The van der Waals surface area contributed by atoms with Crippen LogP contribution in [0.4, 0.5) is 4.39 Å². The summed E-state index contributed by atoms with van der Waals surface area (Å²) in [7, 11) is 0. The first-order valence-corrected chi connectivity index (χ1v) is 6.78. The molecule has 0 saturated heterocycles. The van der Waals surface area contributed by atoms with Gasteiger partial charge in [-0.3, -0.25) is 0 Å². The second kappa shape index (κ2) is 6.17. The quantitative estimate of drug-likeness (QED) is 0.923. The van der Waals surface area contributed by atoms with E-state index in [0.717, 1.165) is 21.3 Å². The number of benzene rings is 2. The van der Waals surface area contributed by atoms with Gasteiger partial charge in [0.15, 0.2) is 0 Å². The predicted octanol–water partition coefficient (Wildman–Crippen LogP) is 3.98. The lowest BCUT2D eigenvalue weighted by atomic mass is 10.1. The first kappa shape index (κ1) is 14.0. The van der Waals surface area contributed by atoms with Gasteiger partial charge in [0.1, 0.15) is 17.7 Å². The molecule has 0 saturated carbocycles. The topological polar surface area (TPSA) is 35.2 Å². The van der Waals surface area contributed by atoms with Crippen molar-refractivity contribution in [1.29, 1.82) is 0 Å². The Hall–Kier alpha value is -1.39. The molecule has 0 bridgehead atoms. The maximum atomic E-state index is 13.2. The highest BCUT2D eigenvalue weighted by molar-refractivity contribution is 9.10. The summed E-state index contributed by atoms with van der Waals surface area (Å²) in [5.41, 5.74) is 7.47. The Balaban J connectivity index is 2.24. The van der Waals surface area contributed by atoms with Crippen LogP contribution in [0.15, 0.2) is 46.9 Å². The first-order chi connectivity index (χ1) is 9.10. The molecule has 0 aromatic heterocycles. The molecule has 0 radical (unpaired) electrons. The summed E-state index contributed by atoms with van der Waals surface area (Å²) in [4.78, 5) is 0. The lowest BCUT2D eigenvalue weighted by Crippen LogP contribution is -2.19. The summed E-state index contributed by atoms with van der Waals surface area (Å²) in [6.45, 7) is 2.25. The molecule has 1 unspecified atom stereocenters. The van der Waals surface area contributed by atoms with Gasteiger partial charge in [0.2, 0.25) is 0 Å². The van der Waals surface area contributed by atoms with E-state index in [-0.39, 0.29) is 11.9 Å². The summed E-state index contributed by atoms with van der Waals surface area (Å²) >= 11 is 3.40. The second-order valence-electron chi connectivity index (χ2n) is 4.31. The van der Waals surface area contributed by atoms with Crippen molar-refractivity contribution < 1.29 is 9.13 Å². The van der Waals surface area contributed by atoms with Crippen molar-refractivity contribution >= 4 is 15.9 Å². The summed E-state index contributed by atoms with van der Waals surface area (Å²) in [5, 5.41) is 0. The third-order valence-electron chi connectivity index (χ3n) is 2.84. The largest absolute Gasteiger partial charge is 0.484 e. The summed E-state index contributed by atoms with van der Waals surface area (Å²) in [5.74, 6) is 0.468. The molecule has 0 fully saturated rings. The van der Waals surface area contributed by atoms with Crippen molar-refractivity contribution in [3.63, 3.8) is 0 Å². The van der Waals surface area contributed by atoms with Crippen LogP contribution in [0.25, 0.3) is 0 Å². The molecule has 2 N–H and O–H groups in total. The lowest BCUT2D eigenvalue weighted by Gasteiger charge is -2.19. The second-order valence-corrected chi connectivity index (χ2v) is 5.22. The van der Waals surface area contributed by atoms with Crippen LogP contribution in [-0.2, 0) is 0 Å². The molecule has 2 aromatic rings. The van der Waals surface area contributed by atoms with E-state index in [1.165, 1.54) is 12.1 Å². The Bertz CT molecular complexity index is 574. The van der Waals surface area contributed by atoms with E-state index in [1.807, 2.05) is 31.2 Å². The fourth-order valence-electron chi connectivity index (χ4n) is 1.86. The summed E-state index contributed by atoms with van der Waals surface area (Å²) < 4.78 is 20.1. The maximum Gasteiger partial charge on any atom is 0.136 e. The molecule has 100 valence electrons. The van der Waals surface area contributed by atoms with Gasteiger partial charge in [0.05, 0.1) is 0 Å². The van der Waals surface area contributed by atoms with Crippen LogP contribution in [0.2, 0.25) is 0 Å². The SMILES string of the molecule is Cc1cc(Br)ccc1OC(CN)c1cccc(F)c1. The third-order valence-corrected chi connectivity index (χ3v) is 3.33. The van der Waals surface area contributed by atoms with Crippen LogP contribution in [0, 0.1) is 12.7 Å². The van der Waals surface area contributed by atoms with Crippen LogP contribution in [0.5, 0.6) is 5.75 Å². The molecular weight excluding hydrogens is 309 g/mol. The predicted molar refractivity (Wildman–Crippen MR) is 77.7 cm³/mol. The van der Waals surface area contributed by atoms with Gasteiger partial charge < -0.3 is 10.5 Å². The van der Waals surface area contributed by atoms with Gasteiger partial charge >= 0.3 is 0 Å². The van der Waals surface area contributed by atoms with Crippen LogP contribution in [-0.4, -0.2) is 6.54 Å². The molecule has 0 heterocycles. The van der Waals surface area contributed by atoms with Crippen molar-refractivity contribution in [3.05, 3.63) is 63.9 Å². The molecule has 2 aromatic carbocycles. The summed E-state index contributed by atoms with van der Waals surface area (Å²) in [6, 6.07) is 12.1. The van der Waals surface area contributed by atoms with E-state index in [9.17, 15) is 4.39 Å². The monoisotopic (exact) mass is 323 g/mol. The van der Waals surface area contributed by atoms with Crippen molar-refractivity contribution in [2.24, 2.45) is 5.73 Å². The van der Waals surface area contributed by atoms with E-state index in [0.29, 0.717) is 6.54 Å². The van der Waals surface area contributed by atoms with Gasteiger partial charge in [-0.25, -0.2) is 4.39 Å². The molecule has 0 spiro atoms. The van der Waals surface area contributed by atoms with Crippen LogP contribution in [0.1, 0.15) is 17.2 Å². The standard InChI is InChI=1S/C15H15BrFNO/c1-10-7-12(16)5-6-14(10)19-15(9-18)11-3-2-4-13(17)8-11/h2-8,15H,9,18H2,1H3. The summed E-state index contributed by atoms with van der Waals surface area (Å²) in [6.07, 6.45) is -0.351. The highest BCUT2D eigenvalue weighted by Gasteiger charge is 2.13. The third kappa shape index (κ3) is 3.55. The number of nitrogens with two attached hydrogens (primary N) is 1. The van der Waals surface area contributed by atoms with E-state index < -0.39 is 0 Å². The van der Waals surface area contributed by atoms with Gasteiger partial charge in [-0.2, -0.15) is 0 Å². The Morgan fingerprint density at radius 1 is 1.26 bits per heavy atom. The molecule has 0 aliphatic carbocycles. The molecular formula is C15H15BrFNO. The van der Waals surface area contributed by atoms with Crippen LogP contribution < -0.4 is 10.5 Å². The fourth-order valence-corrected chi connectivity index (χ4v) is 2.33. The molecule has 1 atom stereocenters. The number of rotatable bonds is 4. The highest BCUT2D eigenvalue weighted by atomic mass is 79.9. The molecule has 2 nitrogen and oxygen atoms in total. The molecule has 0 amide bonds. The Labute approximate surface area is 120 Å². The van der Waals surface area contributed by atoms with Crippen molar-refractivity contribution in [3.8, 4) is 5.75 Å². The smallest absolute Gasteiger partial charge is 0.136 e. The molecule has 2 rings (SSSR count). The zero-order valence-electron chi connectivity index (χ0n) is 10.6. The average Bonchev–Trinajstić information content (AvgIpc) is 2.38. The number of halogens is 2. The molecule has 0 aliphatic rings. The minimum atomic E-state index is -0.351. The minimum absolute atomic E-state index is 0.285. The van der Waals surface area contributed by atoms with Crippen molar-refractivity contribution in [2.45, 2.75) is 13.0 Å². The zero-order chi connectivity index (χ0) is 13.8. The van der Waals surface area contributed by atoms with Crippen LogP contribution in [0.3, 0.4) is 0 Å². The number of ether oxygens (including phenoxy) is 1. The van der Waals surface area contributed by atoms with Gasteiger partial charge in [0, 0.05) is 11.0 Å². The first-order valence-electron chi connectivity index (χ1n) is 5.98. The zero-order valence-corrected chi connectivity index (χ0v) is 12.2.